The standard InChI is InChI=1S/C25H29N5O2S/c1-14-15(2)29-24(28-14)21-11-18(8-9-27-21)19-10-20-13-30(16(3)17-6-7-17)25(31)23(20)22(12-19)33(5,32)26-4/h8-12,16-17H,6-7,13H2,1-5H3,(H,28,29)/t16-,33?/m0/s1. The molecule has 0 radical (unpaired) electrons. The van der Waals surface area contributed by atoms with Crippen molar-refractivity contribution in [1.82, 2.24) is 19.9 Å². The van der Waals surface area contributed by atoms with Crippen molar-refractivity contribution >= 4 is 15.6 Å². The number of hydrogen-bond acceptors (Lipinski definition) is 5. The molecule has 1 N–H and O–H groups in total. The van der Waals surface area contributed by atoms with Crippen molar-refractivity contribution in [3.8, 4) is 22.6 Å². The Hall–Kier alpha value is -3.00. The molecule has 1 amide bonds. The van der Waals surface area contributed by atoms with Gasteiger partial charge in [-0.3, -0.25) is 9.78 Å². The highest BCUT2D eigenvalue weighted by atomic mass is 32.2. The Morgan fingerprint density at radius 2 is 1.97 bits per heavy atom. The lowest BCUT2D eigenvalue weighted by Crippen LogP contribution is -2.35. The fraction of sp³-hybridized carbons (Fsp3) is 0.400. The Morgan fingerprint density at radius 1 is 1.21 bits per heavy atom. The number of benzene rings is 1. The second-order valence-corrected chi connectivity index (χ2v) is 11.6. The fourth-order valence-electron chi connectivity index (χ4n) is 4.57. The van der Waals surface area contributed by atoms with Gasteiger partial charge in [0.25, 0.3) is 5.91 Å². The summed E-state index contributed by atoms with van der Waals surface area (Å²) in [6, 6.07) is 8.02. The number of aryl methyl sites for hydroxylation is 2. The molecule has 1 unspecified atom stereocenters. The summed E-state index contributed by atoms with van der Waals surface area (Å²) in [6.07, 6.45) is 5.70. The number of carbonyl (C=O) groups excluding carboxylic acids is 1. The molecule has 2 atom stereocenters. The maximum absolute atomic E-state index is 13.4. The van der Waals surface area contributed by atoms with E-state index in [1.807, 2.05) is 36.9 Å². The van der Waals surface area contributed by atoms with Crippen LogP contribution in [0.25, 0.3) is 22.6 Å². The van der Waals surface area contributed by atoms with Gasteiger partial charge < -0.3 is 9.88 Å². The number of fused-ring (bicyclic) bond motifs is 1. The van der Waals surface area contributed by atoms with Crippen LogP contribution >= 0.6 is 0 Å². The number of aromatic amines is 1. The van der Waals surface area contributed by atoms with Gasteiger partial charge in [-0.15, -0.1) is 0 Å². The average molecular weight is 464 g/mol. The number of carbonyl (C=O) groups is 1. The molecule has 0 spiro atoms. The van der Waals surface area contributed by atoms with E-state index in [-0.39, 0.29) is 11.9 Å². The number of nitrogens with zero attached hydrogens (tertiary/aromatic N) is 4. The summed E-state index contributed by atoms with van der Waals surface area (Å²) < 4.78 is 17.6. The van der Waals surface area contributed by atoms with Gasteiger partial charge in [-0.2, -0.15) is 0 Å². The third-order valence-corrected chi connectivity index (χ3v) is 8.85. The van der Waals surface area contributed by atoms with Crippen molar-refractivity contribution in [3.63, 3.8) is 0 Å². The Kier molecular flexibility index (Phi) is 5.16. The van der Waals surface area contributed by atoms with E-state index in [2.05, 4.69) is 32.3 Å². The minimum Gasteiger partial charge on any atom is -0.341 e. The predicted octanol–water partition coefficient (Wildman–Crippen LogP) is 4.60. The smallest absolute Gasteiger partial charge is 0.256 e. The van der Waals surface area contributed by atoms with E-state index in [1.54, 1.807) is 19.5 Å². The van der Waals surface area contributed by atoms with Gasteiger partial charge >= 0.3 is 0 Å². The molecule has 172 valence electrons. The molecule has 8 heteroatoms. The zero-order valence-corrected chi connectivity index (χ0v) is 20.5. The molecule has 1 saturated carbocycles. The molecule has 2 aliphatic rings. The topological polar surface area (TPSA) is 91.3 Å². The third kappa shape index (κ3) is 3.76. The monoisotopic (exact) mass is 463 g/mol. The van der Waals surface area contributed by atoms with E-state index in [9.17, 15) is 9.00 Å². The van der Waals surface area contributed by atoms with Crippen molar-refractivity contribution in [2.45, 2.75) is 51.1 Å². The van der Waals surface area contributed by atoms with Gasteiger partial charge in [-0.1, -0.05) is 0 Å². The number of hydrogen-bond donors (Lipinski definition) is 1. The zero-order valence-electron chi connectivity index (χ0n) is 19.7. The van der Waals surface area contributed by atoms with Gasteiger partial charge in [-0.25, -0.2) is 13.6 Å². The summed E-state index contributed by atoms with van der Waals surface area (Å²) in [7, 11) is -1.16. The maximum atomic E-state index is 13.4. The lowest BCUT2D eigenvalue weighted by Gasteiger charge is -2.24. The van der Waals surface area contributed by atoms with Crippen LogP contribution in [0.1, 0.15) is 47.1 Å². The van der Waals surface area contributed by atoms with E-state index in [4.69, 9.17) is 0 Å². The summed E-state index contributed by atoms with van der Waals surface area (Å²) in [4.78, 5) is 28.2. The molecule has 0 saturated heterocycles. The van der Waals surface area contributed by atoms with E-state index in [0.29, 0.717) is 22.9 Å². The molecule has 1 fully saturated rings. The van der Waals surface area contributed by atoms with Crippen LogP contribution in [0.15, 0.2) is 39.7 Å². The van der Waals surface area contributed by atoms with Gasteiger partial charge in [0.1, 0.15) is 5.69 Å². The molecule has 3 heterocycles. The second-order valence-electron chi connectivity index (χ2n) is 9.23. The second kappa shape index (κ2) is 7.80. The maximum Gasteiger partial charge on any atom is 0.256 e. The first-order chi connectivity index (χ1) is 15.7. The molecule has 1 aliphatic carbocycles. The normalized spacial score (nSPS) is 18.2. The van der Waals surface area contributed by atoms with Crippen LogP contribution in [0.2, 0.25) is 0 Å². The fourth-order valence-corrected chi connectivity index (χ4v) is 5.71. The first-order valence-electron chi connectivity index (χ1n) is 11.3. The first kappa shape index (κ1) is 21.8. The average Bonchev–Trinajstić information content (AvgIpc) is 3.53. The number of imidazole rings is 1. The van der Waals surface area contributed by atoms with Gasteiger partial charge in [0.15, 0.2) is 5.82 Å². The molecule has 3 aromatic rings. The Bertz CT molecular complexity index is 1380. The third-order valence-electron chi connectivity index (χ3n) is 7.02. The van der Waals surface area contributed by atoms with E-state index in [0.717, 1.165) is 39.6 Å². The van der Waals surface area contributed by atoms with Crippen molar-refractivity contribution < 1.29 is 9.00 Å². The van der Waals surface area contributed by atoms with Crippen molar-refractivity contribution in [2.24, 2.45) is 10.3 Å². The van der Waals surface area contributed by atoms with Crippen LogP contribution < -0.4 is 0 Å². The number of aromatic nitrogens is 3. The predicted molar refractivity (Wildman–Crippen MR) is 129 cm³/mol. The number of rotatable bonds is 5. The minimum atomic E-state index is -2.71. The lowest BCUT2D eigenvalue weighted by atomic mass is 10.0. The van der Waals surface area contributed by atoms with Crippen LogP contribution in [0.3, 0.4) is 0 Å². The van der Waals surface area contributed by atoms with Gasteiger partial charge in [0.2, 0.25) is 0 Å². The molecule has 33 heavy (non-hydrogen) atoms. The number of H-pyrrole nitrogens is 1. The van der Waals surface area contributed by atoms with Gasteiger partial charge in [0, 0.05) is 37.8 Å². The lowest BCUT2D eigenvalue weighted by molar-refractivity contribution is 0.0695. The van der Waals surface area contributed by atoms with Crippen LogP contribution in [0, 0.1) is 19.8 Å². The first-order valence-corrected chi connectivity index (χ1v) is 13.2. The molecule has 0 bridgehead atoms. The summed E-state index contributed by atoms with van der Waals surface area (Å²) >= 11 is 0. The molecule has 1 aromatic carbocycles. The van der Waals surface area contributed by atoms with E-state index in [1.165, 1.54) is 12.8 Å². The number of nitrogens with one attached hydrogen (secondary N) is 1. The quantitative estimate of drug-likeness (QED) is 0.599. The van der Waals surface area contributed by atoms with E-state index >= 15 is 0 Å². The molecule has 2 aromatic heterocycles. The van der Waals surface area contributed by atoms with Crippen LogP contribution in [-0.4, -0.2) is 49.3 Å². The SMILES string of the molecule is CN=S(C)(=O)c1cc(-c2ccnc(-c3nc(C)c(C)[nH]3)c2)cc2c1C(=O)N([C@@H](C)C1CC1)C2. The Balaban J connectivity index is 1.63. The van der Waals surface area contributed by atoms with Crippen molar-refractivity contribution in [1.29, 1.82) is 0 Å². The van der Waals surface area contributed by atoms with Crippen LogP contribution in [0.4, 0.5) is 0 Å². The van der Waals surface area contributed by atoms with Crippen molar-refractivity contribution in [2.75, 3.05) is 13.3 Å². The molecule has 1 aliphatic heterocycles. The van der Waals surface area contributed by atoms with Crippen LogP contribution in [-0.2, 0) is 16.3 Å². The van der Waals surface area contributed by atoms with Gasteiger partial charge in [0.05, 0.1) is 25.9 Å². The zero-order chi connectivity index (χ0) is 23.5. The Morgan fingerprint density at radius 3 is 2.61 bits per heavy atom. The Labute approximate surface area is 194 Å². The molecule has 7 nitrogen and oxygen atoms in total. The highest BCUT2D eigenvalue weighted by molar-refractivity contribution is 7.93. The number of amides is 1. The highest BCUT2D eigenvalue weighted by Crippen LogP contribution is 2.41. The summed E-state index contributed by atoms with van der Waals surface area (Å²) in [5.41, 5.74) is 6.01. The van der Waals surface area contributed by atoms with Crippen molar-refractivity contribution in [3.05, 3.63) is 53.0 Å². The molecule has 5 rings (SSSR count). The largest absolute Gasteiger partial charge is 0.341 e. The van der Waals surface area contributed by atoms with Gasteiger partial charge in [-0.05, 0) is 80.5 Å². The highest BCUT2D eigenvalue weighted by Gasteiger charge is 2.40. The summed E-state index contributed by atoms with van der Waals surface area (Å²) in [6.45, 7) is 6.61. The molecular formula is C25H29N5O2S. The minimum absolute atomic E-state index is 0.0267. The number of pyridine rings is 1. The summed E-state index contributed by atoms with van der Waals surface area (Å²) in [5, 5.41) is 0. The summed E-state index contributed by atoms with van der Waals surface area (Å²) in [5.74, 6) is 1.26. The molecular weight excluding hydrogens is 434 g/mol. The van der Waals surface area contributed by atoms with Crippen LogP contribution in [0.5, 0.6) is 0 Å². The van der Waals surface area contributed by atoms with E-state index < -0.39 is 9.73 Å².